The van der Waals surface area contributed by atoms with Crippen molar-refractivity contribution in [3.8, 4) is 12.3 Å². The third kappa shape index (κ3) is 3.61. The predicted molar refractivity (Wildman–Crippen MR) is 86.7 cm³/mol. The molecule has 0 saturated carbocycles. The first-order valence-corrected chi connectivity index (χ1v) is 8.27. The van der Waals surface area contributed by atoms with Crippen LogP contribution in [0.5, 0.6) is 0 Å². The van der Waals surface area contributed by atoms with Gasteiger partial charge < -0.3 is 4.90 Å². The highest BCUT2D eigenvalue weighted by molar-refractivity contribution is 5.76. The highest BCUT2D eigenvalue weighted by Crippen LogP contribution is 2.38. The molecule has 0 bridgehead atoms. The van der Waals surface area contributed by atoms with Gasteiger partial charge in [0.15, 0.2) is 5.66 Å². The molecule has 1 fully saturated rings. The minimum Gasteiger partial charge on any atom is -0.342 e. The van der Waals surface area contributed by atoms with Gasteiger partial charge in [0.2, 0.25) is 5.91 Å². The molecule has 0 aliphatic carbocycles. The summed E-state index contributed by atoms with van der Waals surface area (Å²) in [7, 11) is 1.96. The lowest BCUT2D eigenvalue weighted by atomic mass is 9.94. The van der Waals surface area contributed by atoms with Crippen LogP contribution in [-0.2, 0) is 11.8 Å². The molecule has 0 aromatic carbocycles. The molecule has 6 nitrogen and oxygen atoms in total. The maximum Gasteiger partial charge on any atom is 0.222 e. The number of carbonyl (C=O) groups is 1. The van der Waals surface area contributed by atoms with Gasteiger partial charge >= 0.3 is 0 Å². The number of hydrogen-bond donors (Lipinski definition) is 0. The second-order valence-corrected chi connectivity index (χ2v) is 6.45. The minimum atomic E-state index is -0.362. The molecule has 2 aliphatic rings. The first-order chi connectivity index (χ1) is 11.1. The van der Waals surface area contributed by atoms with E-state index in [0.717, 1.165) is 32.4 Å². The maximum atomic E-state index is 12.5. The van der Waals surface area contributed by atoms with Crippen molar-refractivity contribution < 1.29 is 4.79 Å². The van der Waals surface area contributed by atoms with Gasteiger partial charge in [0.1, 0.15) is 0 Å². The van der Waals surface area contributed by atoms with Crippen molar-refractivity contribution in [2.45, 2.75) is 50.1 Å². The van der Waals surface area contributed by atoms with Crippen LogP contribution in [0.3, 0.4) is 0 Å². The molecule has 1 saturated heterocycles. The van der Waals surface area contributed by atoms with E-state index < -0.39 is 0 Å². The van der Waals surface area contributed by atoms with Gasteiger partial charge in [-0.15, -0.1) is 12.3 Å². The molecule has 0 N–H and O–H groups in total. The van der Waals surface area contributed by atoms with E-state index >= 15 is 0 Å². The molecule has 1 unspecified atom stereocenters. The number of rotatable bonds is 6. The molecule has 0 radical (unpaired) electrons. The molecule has 6 heteroatoms. The lowest BCUT2D eigenvalue weighted by molar-refractivity contribution is -0.132. The fourth-order valence-electron chi connectivity index (χ4n) is 3.36. The predicted octanol–water partition coefficient (Wildman–Crippen LogP) is 2.48. The summed E-state index contributed by atoms with van der Waals surface area (Å²) in [5.41, 5.74) is 0.847. The second-order valence-electron chi connectivity index (χ2n) is 6.45. The first kappa shape index (κ1) is 15.7. The quantitative estimate of drug-likeness (QED) is 0.757. The number of nitrogens with zero attached hydrogens (tertiary/aromatic N) is 5. The molecule has 1 aromatic rings. The summed E-state index contributed by atoms with van der Waals surface area (Å²) in [5, 5.41) is 12.4. The van der Waals surface area contributed by atoms with Gasteiger partial charge in [0.25, 0.3) is 0 Å². The SMILES string of the molecule is C#CCCC1(CCC(=O)N2CCCC(c3ccnn3C)C2)N=N1. The number of hydrogen-bond acceptors (Lipinski definition) is 4. The van der Waals surface area contributed by atoms with Crippen LogP contribution >= 0.6 is 0 Å². The average Bonchev–Trinajstić information content (AvgIpc) is 3.22. The number of carbonyl (C=O) groups excluding carboxylic acids is 1. The van der Waals surface area contributed by atoms with Gasteiger partial charge in [0.05, 0.1) is 0 Å². The van der Waals surface area contributed by atoms with Gasteiger partial charge in [-0.25, -0.2) is 0 Å². The number of likely N-dealkylation sites (tertiary alicyclic amines) is 1. The van der Waals surface area contributed by atoms with Gasteiger partial charge in [-0.2, -0.15) is 15.3 Å². The Kier molecular flexibility index (Phi) is 4.46. The number of aromatic nitrogens is 2. The molecular formula is C17H23N5O. The zero-order valence-electron chi connectivity index (χ0n) is 13.6. The second kappa shape index (κ2) is 6.53. The van der Waals surface area contributed by atoms with Crippen LogP contribution in [0.25, 0.3) is 0 Å². The number of amides is 1. The molecule has 3 rings (SSSR count). The van der Waals surface area contributed by atoms with E-state index in [2.05, 4.69) is 27.3 Å². The largest absolute Gasteiger partial charge is 0.342 e. The highest BCUT2D eigenvalue weighted by atomic mass is 16.2. The van der Waals surface area contributed by atoms with Crippen LogP contribution < -0.4 is 0 Å². The Morgan fingerprint density at radius 2 is 2.30 bits per heavy atom. The Morgan fingerprint density at radius 3 is 2.96 bits per heavy atom. The zero-order valence-corrected chi connectivity index (χ0v) is 13.6. The van der Waals surface area contributed by atoms with E-state index in [9.17, 15) is 4.79 Å². The Bertz CT molecular complexity index is 636. The maximum absolute atomic E-state index is 12.5. The van der Waals surface area contributed by atoms with Crippen molar-refractivity contribution in [2.24, 2.45) is 17.3 Å². The Balaban J connectivity index is 1.52. The summed E-state index contributed by atoms with van der Waals surface area (Å²) >= 11 is 0. The summed E-state index contributed by atoms with van der Waals surface area (Å²) < 4.78 is 1.91. The summed E-state index contributed by atoms with van der Waals surface area (Å²) in [6.07, 6.45) is 11.9. The Hall–Kier alpha value is -2.16. The first-order valence-electron chi connectivity index (χ1n) is 8.27. The van der Waals surface area contributed by atoms with Gasteiger partial charge in [-0.3, -0.25) is 9.48 Å². The Morgan fingerprint density at radius 1 is 1.48 bits per heavy atom. The van der Waals surface area contributed by atoms with Crippen LogP contribution in [0.4, 0.5) is 0 Å². The third-order valence-corrected chi connectivity index (χ3v) is 4.84. The Labute approximate surface area is 137 Å². The van der Waals surface area contributed by atoms with Crippen LogP contribution in [-0.4, -0.2) is 39.3 Å². The van der Waals surface area contributed by atoms with E-state index in [1.165, 1.54) is 5.69 Å². The van der Waals surface area contributed by atoms with E-state index in [1.54, 1.807) is 0 Å². The van der Waals surface area contributed by atoms with Crippen molar-refractivity contribution in [3.63, 3.8) is 0 Å². The molecule has 0 spiro atoms. The summed E-state index contributed by atoms with van der Waals surface area (Å²) in [6.45, 7) is 1.63. The third-order valence-electron chi connectivity index (χ3n) is 4.84. The summed E-state index contributed by atoms with van der Waals surface area (Å²) in [6, 6.07) is 2.05. The van der Waals surface area contributed by atoms with Gasteiger partial charge in [-0.1, -0.05) is 0 Å². The molecular weight excluding hydrogens is 290 g/mol. The van der Waals surface area contributed by atoms with Crippen molar-refractivity contribution in [3.05, 3.63) is 18.0 Å². The normalized spacial score (nSPS) is 21.9. The molecule has 3 heterocycles. The fourth-order valence-corrected chi connectivity index (χ4v) is 3.36. The number of aryl methyl sites for hydroxylation is 1. The van der Waals surface area contributed by atoms with Crippen LogP contribution in [0.1, 0.15) is 50.1 Å². The molecule has 2 aliphatic heterocycles. The molecule has 122 valence electrons. The monoisotopic (exact) mass is 313 g/mol. The van der Waals surface area contributed by atoms with Crippen molar-refractivity contribution >= 4 is 5.91 Å². The van der Waals surface area contributed by atoms with Crippen molar-refractivity contribution in [1.82, 2.24) is 14.7 Å². The fraction of sp³-hybridized carbons (Fsp3) is 0.647. The van der Waals surface area contributed by atoms with E-state index in [1.807, 2.05) is 22.8 Å². The van der Waals surface area contributed by atoms with Crippen molar-refractivity contribution in [1.29, 1.82) is 0 Å². The lowest BCUT2D eigenvalue weighted by Gasteiger charge is -2.33. The lowest BCUT2D eigenvalue weighted by Crippen LogP contribution is -2.39. The van der Waals surface area contributed by atoms with Crippen LogP contribution in [0, 0.1) is 12.3 Å². The van der Waals surface area contributed by atoms with E-state index in [4.69, 9.17) is 6.42 Å². The topological polar surface area (TPSA) is 62.9 Å². The van der Waals surface area contributed by atoms with Crippen LogP contribution in [0.15, 0.2) is 22.5 Å². The average molecular weight is 313 g/mol. The molecule has 23 heavy (non-hydrogen) atoms. The van der Waals surface area contributed by atoms with E-state index in [0.29, 0.717) is 25.2 Å². The smallest absolute Gasteiger partial charge is 0.222 e. The summed E-state index contributed by atoms with van der Waals surface area (Å²) in [4.78, 5) is 14.5. The minimum absolute atomic E-state index is 0.203. The molecule has 1 atom stereocenters. The van der Waals surface area contributed by atoms with E-state index in [-0.39, 0.29) is 11.6 Å². The van der Waals surface area contributed by atoms with Crippen LogP contribution in [0.2, 0.25) is 0 Å². The summed E-state index contributed by atoms with van der Waals surface area (Å²) in [5.74, 6) is 3.20. The molecule has 1 amide bonds. The van der Waals surface area contributed by atoms with Gasteiger partial charge in [-0.05, 0) is 18.9 Å². The number of piperidine rings is 1. The molecule has 1 aromatic heterocycles. The van der Waals surface area contributed by atoms with Gasteiger partial charge in [0, 0.05) is 63.6 Å². The van der Waals surface area contributed by atoms with Crippen molar-refractivity contribution in [2.75, 3.05) is 13.1 Å². The number of terminal acetylenes is 1. The zero-order chi connectivity index (χ0) is 16.3. The standard InChI is InChI=1S/C17H23N5O/c1-3-4-9-17(19-20-17)10-7-16(23)22-12-5-6-14(13-22)15-8-11-18-21(15)2/h1,8,11,14H,4-7,9-10,12-13H2,2H3. The highest BCUT2D eigenvalue weighted by Gasteiger charge is 2.40.